The minimum atomic E-state index is -4.36. The molecule has 0 aromatic heterocycles. The van der Waals surface area contributed by atoms with Gasteiger partial charge in [-0.05, 0) is 6.42 Å². The van der Waals surface area contributed by atoms with Crippen LogP contribution in [0.5, 0.6) is 0 Å². The van der Waals surface area contributed by atoms with Crippen molar-refractivity contribution in [3.63, 3.8) is 0 Å². The van der Waals surface area contributed by atoms with E-state index in [0.717, 1.165) is 11.8 Å². The Morgan fingerprint density at radius 1 is 1.57 bits per heavy atom. The Hall–Kier alpha value is -0.430. The van der Waals surface area contributed by atoms with Crippen molar-refractivity contribution < 1.29 is 27.8 Å². The fraction of sp³-hybridized carbons (Fsp3) is 0.857. The highest BCUT2D eigenvalue weighted by Gasteiger charge is 2.27. The van der Waals surface area contributed by atoms with E-state index in [-0.39, 0.29) is 5.94 Å². The van der Waals surface area contributed by atoms with Gasteiger partial charge in [-0.3, -0.25) is 4.79 Å². The third-order valence-electron chi connectivity index (χ3n) is 1.26. The third kappa shape index (κ3) is 7.02. The average Bonchev–Trinajstić information content (AvgIpc) is 2.01. The Labute approximate surface area is 83.6 Å². The summed E-state index contributed by atoms with van der Waals surface area (Å²) in [6, 6.07) is 0. The smallest absolute Gasteiger partial charge is 0.411 e. The summed E-state index contributed by atoms with van der Waals surface area (Å²) in [5, 5.41) is 7.83. The van der Waals surface area contributed by atoms with Crippen LogP contribution in [0.2, 0.25) is 0 Å². The van der Waals surface area contributed by atoms with Gasteiger partial charge in [0.05, 0.1) is 5.94 Å². The number of hydrogen-bond acceptors (Lipinski definition) is 3. The first-order chi connectivity index (χ1) is 6.37. The minimum absolute atomic E-state index is 0.260. The standard InChI is InChI=1S/C7H11F3O3S/c1-2-5(6(11)12)14-4-13-3-7(8,9)10/h5H,2-4H2,1H3,(H,11,12). The summed E-state index contributed by atoms with van der Waals surface area (Å²) in [7, 11) is 0. The zero-order valence-electron chi connectivity index (χ0n) is 7.50. The molecule has 1 atom stereocenters. The molecule has 0 rings (SSSR count). The normalized spacial score (nSPS) is 14.0. The highest BCUT2D eigenvalue weighted by Crippen LogP contribution is 2.18. The van der Waals surface area contributed by atoms with Gasteiger partial charge in [0, 0.05) is 0 Å². The Balaban J connectivity index is 3.58. The maximum absolute atomic E-state index is 11.6. The summed E-state index contributed by atoms with van der Waals surface area (Å²) in [6.45, 7) is 0.311. The molecule has 0 aliphatic rings. The lowest BCUT2D eigenvalue weighted by Gasteiger charge is -2.10. The van der Waals surface area contributed by atoms with Crippen LogP contribution >= 0.6 is 11.8 Å². The van der Waals surface area contributed by atoms with Gasteiger partial charge in [0.2, 0.25) is 0 Å². The number of thioether (sulfide) groups is 1. The molecule has 0 radical (unpaired) electrons. The predicted molar refractivity (Wildman–Crippen MR) is 46.2 cm³/mol. The molecule has 0 amide bonds. The maximum Gasteiger partial charge on any atom is 0.411 e. The van der Waals surface area contributed by atoms with Gasteiger partial charge in [0.1, 0.15) is 11.9 Å². The third-order valence-corrected chi connectivity index (χ3v) is 2.50. The molecule has 0 heterocycles. The quantitative estimate of drug-likeness (QED) is 0.563. The summed E-state index contributed by atoms with van der Waals surface area (Å²) in [5.74, 6) is -1.29. The average molecular weight is 232 g/mol. The number of ether oxygens (including phenoxy) is 1. The van der Waals surface area contributed by atoms with Crippen LogP contribution in [0, 0.1) is 0 Å². The predicted octanol–water partition coefficient (Wildman–Crippen LogP) is 2.12. The van der Waals surface area contributed by atoms with E-state index in [0.29, 0.717) is 6.42 Å². The first kappa shape index (κ1) is 13.6. The van der Waals surface area contributed by atoms with E-state index in [9.17, 15) is 18.0 Å². The van der Waals surface area contributed by atoms with Gasteiger partial charge in [0.15, 0.2) is 0 Å². The van der Waals surface area contributed by atoms with Crippen LogP contribution in [0.1, 0.15) is 13.3 Å². The summed E-state index contributed by atoms with van der Waals surface area (Å²) in [4.78, 5) is 10.4. The molecule has 0 aliphatic heterocycles. The second-order valence-corrected chi connectivity index (χ2v) is 3.62. The molecule has 0 aromatic carbocycles. The molecule has 0 saturated heterocycles. The molecule has 3 nitrogen and oxygen atoms in total. The molecule has 0 bridgehead atoms. The number of halogens is 3. The molecular formula is C7H11F3O3S. The van der Waals surface area contributed by atoms with Crippen LogP contribution in [0.3, 0.4) is 0 Å². The van der Waals surface area contributed by atoms with E-state index in [4.69, 9.17) is 5.11 Å². The fourth-order valence-corrected chi connectivity index (χ4v) is 1.37. The molecule has 0 spiro atoms. The monoisotopic (exact) mass is 232 g/mol. The van der Waals surface area contributed by atoms with Gasteiger partial charge in [-0.2, -0.15) is 13.2 Å². The van der Waals surface area contributed by atoms with Crippen molar-refractivity contribution in [1.29, 1.82) is 0 Å². The fourth-order valence-electron chi connectivity index (χ4n) is 0.651. The summed E-state index contributed by atoms with van der Waals surface area (Å²) >= 11 is 0.849. The molecule has 1 N–H and O–H groups in total. The number of carboxylic acids is 1. The second-order valence-electron chi connectivity index (χ2n) is 2.48. The van der Waals surface area contributed by atoms with Crippen molar-refractivity contribution in [2.75, 3.05) is 12.5 Å². The summed E-state index contributed by atoms with van der Waals surface area (Å²) in [5.41, 5.74) is 0. The van der Waals surface area contributed by atoms with E-state index in [1.807, 2.05) is 0 Å². The first-order valence-corrected chi connectivity index (χ1v) is 4.90. The van der Waals surface area contributed by atoms with E-state index in [2.05, 4.69) is 4.74 Å². The number of aliphatic carboxylic acids is 1. The van der Waals surface area contributed by atoms with Gasteiger partial charge in [0.25, 0.3) is 0 Å². The van der Waals surface area contributed by atoms with Gasteiger partial charge in [-0.1, -0.05) is 6.92 Å². The molecule has 0 fully saturated rings. The molecule has 0 aromatic rings. The minimum Gasteiger partial charge on any atom is -0.480 e. The van der Waals surface area contributed by atoms with Crippen LogP contribution in [0.15, 0.2) is 0 Å². The summed E-state index contributed by atoms with van der Waals surface area (Å²) in [6.07, 6.45) is -4.00. The molecule has 7 heteroatoms. The number of carboxylic acid groups (broad SMARTS) is 1. The summed E-state index contributed by atoms with van der Waals surface area (Å²) < 4.78 is 39.0. The van der Waals surface area contributed by atoms with Crippen molar-refractivity contribution in [1.82, 2.24) is 0 Å². The van der Waals surface area contributed by atoms with E-state index in [1.54, 1.807) is 6.92 Å². The Morgan fingerprint density at radius 2 is 2.14 bits per heavy atom. The van der Waals surface area contributed by atoms with Crippen LogP contribution in [0.25, 0.3) is 0 Å². The van der Waals surface area contributed by atoms with Crippen molar-refractivity contribution >= 4 is 17.7 Å². The van der Waals surface area contributed by atoms with Crippen molar-refractivity contribution in [2.45, 2.75) is 24.8 Å². The molecule has 84 valence electrons. The first-order valence-electron chi connectivity index (χ1n) is 3.85. The lowest BCUT2D eigenvalue weighted by atomic mass is 10.3. The number of hydrogen-bond donors (Lipinski definition) is 1. The van der Waals surface area contributed by atoms with Crippen LogP contribution in [0.4, 0.5) is 13.2 Å². The second kappa shape index (κ2) is 6.13. The van der Waals surface area contributed by atoms with Crippen molar-refractivity contribution in [3.05, 3.63) is 0 Å². The molecular weight excluding hydrogens is 221 g/mol. The maximum atomic E-state index is 11.6. The van der Waals surface area contributed by atoms with Gasteiger partial charge >= 0.3 is 12.1 Å². The lowest BCUT2D eigenvalue weighted by molar-refractivity contribution is -0.168. The van der Waals surface area contributed by atoms with Crippen molar-refractivity contribution in [2.24, 2.45) is 0 Å². The zero-order valence-corrected chi connectivity index (χ0v) is 8.32. The Morgan fingerprint density at radius 3 is 2.50 bits per heavy atom. The Bertz CT molecular complexity index is 184. The van der Waals surface area contributed by atoms with Crippen molar-refractivity contribution in [3.8, 4) is 0 Å². The highest BCUT2D eigenvalue weighted by atomic mass is 32.2. The molecule has 14 heavy (non-hydrogen) atoms. The topological polar surface area (TPSA) is 46.5 Å². The molecule has 0 aliphatic carbocycles. The highest BCUT2D eigenvalue weighted by molar-refractivity contribution is 8.00. The number of rotatable bonds is 6. The molecule has 1 unspecified atom stereocenters. The largest absolute Gasteiger partial charge is 0.480 e. The zero-order chi connectivity index (χ0) is 11.2. The molecule has 0 saturated carbocycles. The SMILES string of the molecule is CCC(SCOCC(F)(F)F)C(=O)O. The van der Waals surface area contributed by atoms with E-state index in [1.165, 1.54) is 0 Å². The van der Waals surface area contributed by atoms with E-state index >= 15 is 0 Å². The number of alkyl halides is 3. The number of carbonyl (C=O) groups is 1. The van der Waals surface area contributed by atoms with Gasteiger partial charge in [-0.25, -0.2) is 0 Å². The Kier molecular flexibility index (Phi) is 5.94. The van der Waals surface area contributed by atoms with Gasteiger partial charge in [-0.15, -0.1) is 11.8 Å². The lowest BCUT2D eigenvalue weighted by Crippen LogP contribution is -2.19. The van der Waals surface area contributed by atoms with E-state index < -0.39 is 24.0 Å². The van der Waals surface area contributed by atoms with Crippen LogP contribution < -0.4 is 0 Å². The van der Waals surface area contributed by atoms with Crippen LogP contribution in [-0.4, -0.2) is 35.0 Å². The van der Waals surface area contributed by atoms with Gasteiger partial charge < -0.3 is 9.84 Å². The van der Waals surface area contributed by atoms with Crippen LogP contribution in [-0.2, 0) is 9.53 Å².